The monoisotopic (exact) mass is 296 g/mol. The van der Waals surface area contributed by atoms with Gasteiger partial charge in [-0.3, -0.25) is 10.1 Å². The highest BCUT2D eigenvalue weighted by molar-refractivity contribution is 5.77. The van der Waals surface area contributed by atoms with Crippen LogP contribution in [0.4, 0.5) is 11.4 Å². The van der Waals surface area contributed by atoms with E-state index in [1.165, 1.54) is 36.4 Å². The molecule has 7 nitrogen and oxygen atoms in total. The fraction of sp³-hybridized carbons (Fsp3) is 0.0667. The number of nitrogens with zero attached hydrogens (tertiary/aromatic N) is 2. The molecule has 2 aromatic rings. The van der Waals surface area contributed by atoms with Crippen LogP contribution in [0.15, 0.2) is 48.5 Å². The maximum Gasteiger partial charge on any atom is 0.269 e. The topological polar surface area (TPSA) is 119 Å². The van der Waals surface area contributed by atoms with E-state index in [4.69, 9.17) is 5.26 Å². The van der Waals surface area contributed by atoms with E-state index in [0.717, 1.165) is 0 Å². The van der Waals surface area contributed by atoms with Crippen molar-refractivity contribution in [2.75, 3.05) is 5.32 Å². The summed E-state index contributed by atoms with van der Waals surface area (Å²) in [6, 6.07) is 12.2. The number of aliphatic carboxylic acids is 1. The van der Waals surface area contributed by atoms with Gasteiger partial charge in [-0.15, -0.1) is 0 Å². The van der Waals surface area contributed by atoms with Gasteiger partial charge in [0.25, 0.3) is 5.69 Å². The fourth-order valence-corrected chi connectivity index (χ4v) is 1.90. The largest absolute Gasteiger partial charge is 0.548 e. The summed E-state index contributed by atoms with van der Waals surface area (Å²) in [6.45, 7) is 0. The number of rotatable bonds is 5. The second kappa shape index (κ2) is 6.37. The minimum absolute atomic E-state index is 0.203. The molecule has 110 valence electrons. The molecular formula is C15H10N3O4-. The molecule has 2 rings (SSSR count). The van der Waals surface area contributed by atoms with Crippen LogP contribution in [0.3, 0.4) is 0 Å². The van der Waals surface area contributed by atoms with Gasteiger partial charge in [-0.25, -0.2) is 0 Å². The van der Waals surface area contributed by atoms with Gasteiger partial charge >= 0.3 is 0 Å². The zero-order valence-electron chi connectivity index (χ0n) is 11.2. The van der Waals surface area contributed by atoms with Crippen molar-refractivity contribution in [2.24, 2.45) is 0 Å². The minimum Gasteiger partial charge on any atom is -0.548 e. The van der Waals surface area contributed by atoms with E-state index < -0.39 is 16.9 Å². The van der Waals surface area contributed by atoms with Crippen molar-refractivity contribution in [3.8, 4) is 6.07 Å². The first kappa shape index (κ1) is 15.0. The Morgan fingerprint density at radius 3 is 2.45 bits per heavy atom. The van der Waals surface area contributed by atoms with Gasteiger partial charge in [0.15, 0.2) is 0 Å². The summed E-state index contributed by atoms with van der Waals surface area (Å²) in [5.41, 5.74) is 0.898. The standard InChI is InChI=1S/C15H11N3O4/c16-9-10-4-6-12(7-5-10)17-14(15(19)20)11-2-1-3-13(8-11)18(21)22/h1-8,14,17H,(H,19,20)/p-1. The molecular weight excluding hydrogens is 286 g/mol. The summed E-state index contributed by atoms with van der Waals surface area (Å²) in [7, 11) is 0. The Balaban J connectivity index is 2.30. The van der Waals surface area contributed by atoms with Crippen LogP contribution >= 0.6 is 0 Å². The lowest BCUT2D eigenvalue weighted by molar-refractivity contribution is -0.384. The van der Waals surface area contributed by atoms with Gasteiger partial charge in [-0.2, -0.15) is 5.26 Å². The zero-order valence-corrected chi connectivity index (χ0v) is 11.2. The number of carbonyl (C=O) groups is 1. The van der Waals surface area contributed by atoms with Crippen LogP contribution < -0.4 is 10.4 Å². The molecule has 0 heterocycles. The van der Waals surface area contributed by atoms with Crippen LogP contribution in [-0.2, 0) is 4.79 Å². The molecule has 0 saturated heterocycles. The molecule has 22 heavy (non-hydrogen) atoms. The Labute approximate surface area is 125 Å². The number of non-ortho nitro benzene ring substituents is 1. The SMILES string of the molecule is N#Cc1ccc(NC(C(=O)[O-])c2cccc([N+](=O)[O-])c2)cc1. The predicted octanol–water partition coefficient (Wildman–Crippen LogP) is 1.37. The van der Waals surface area contributed by atoms with Gasteiger partial charge in [0.05, 0.1) is 28.6 Å². The molecule has 0 fully saturated rings. The van der Waals surface area contributed by atoms with E-state index >= 15 is 0 Å². The number of anilines is 1. The van der Waals surface area contributed by atoms with Gasteiger partial charge in [0, 0.05) is 17.8 Å². The number of nitro groups is 1. The van der Waals surface area contributed by atoms with E-state index in [1.54, 1.807) is 12.1 Å². The molecule has 7 heteroatoms. The zero-order chi connectivity index (χ0) is 16.1. The van der Waals surface area contributed by atoms with Crippen molar-refractivity contribution in [1.82, 2.24) is 0 Å². The summed E-state index contributed by atoms with van der Waals surface area (Å²) in [5, 5.41) is 33.5. The molecule has 0 radical (unpaired) electrons. The number of hydrogen-bond donors (Lipinski definition) is 1. The smallest absolute Gasteiger partial charge is 0.269 e. The van der Waals surface area contributed by atoms with Gasteiger partial charge in [-0.1, -0.05) is 12.1 Å². The second-order valence-corrected chi connectivity index (χ2v) is 4.44. The van der Waals surface area contributed by atoms with Crippen LogP contribution in [0.25, 0.3) is 0 Å². The lowest BCUT2D eigenvalue weighted by atomic mass is 10.1. The van der Waals surface area contributed by atoms with E-state index in [2.05, 4.69) is 5.32 Å². The number of carbonyl (C=O) groups excluding carboxylic acids is 1. The van der Waals surface area contributed by atoms with Crippen molar-refractivity contribution >= 4 is 17.3 Å². The second-order valence-electron chi connectivity index (χ2n) is 4.44. The Morgan fingerprint density at radius 2 is 1.91 bits per heavy atom. The number of nitro benzene ring substituents is 1. The van der Waals surface area contributed by atoms with Gasteiger partial charge in [0.1, 0.15) is 0 Å². The van der Waals surface area contributed by atoms with Crippen molar-refractivity contribution in [3.05, 3.63) is 69.8 Å². The van der Waals surface area contributed by atoms with Crippen LogP contribution in [0, 0.1) is 21.4 Å². The first-order chi connectivity index (χ1) is 10.5. The third kappa shape index (κ3) is 3.37. The third-order valence-corrected chi connectivity index (χ3v) is 2.98. The lowest BCUT2D eigenvalue weighted by Gasteiger charge is -2.21. The lowest BCUT2D eigenvalue weighted by Crippen LogP contribution is -2.34. The molecule has 0 spiro atoms. The normalized spacial score (nSPS) is 11.2. The van der Waals surface area contributed by atoms with Gasteiger partial charge in [0.2, 0.25) is 0 Å². The van der Waals surface area contributed by atoms with Crippen LogP contribution in [-0.4, -0.2) is 10.9 Å². The predicted molar refractivity (Wildman–Crippen MR) is 75.6 cm³/mol. The van der Waals surface area contributed by atoms with E-state index in [0.29, 0.717) is 11.3 Å². The Hall–Kier alpha value is -3.40. The van der Waals surface area contributed by atoms with Crippen molar-refractivity contribution in [2.45, 2.75) is 6.04 Å². The molecule has 0 aliphatic rings. The summed E-state index contributed by atoms with van der Waals surface area (Å²) < 4.78 is 0. The summed E-state index contributed by atoms with van der Waals surface area (Å²) in [4.78, 5) is 21.5. The Bertz CT molecular complexity index is 750. The fourth-order valence-electron chi connectivity index (χ4n) is 1.90. The van der Waals surface area contributed by atoms with Gasteiger partial charge < -0.3 is 15.2 Å². The maximum absolute atomic E-state index is 11.3. The summed E-state index contributed by atoms with van der Waals surface area (Å²) in [5.74, 6) is -1.41. The van der Waals surface area contributed by atoms with E-state index in [-0.39, 0.29) is 11.3 Å². The highest BCUT2D eigenvalue weighted by Gasteiger charge is 2.16. The highest BCUT2D eigenvalue weighted by atomic mass is 16.6. The first-order valence-electron chi connectivity index (χ1n) is 6.23. The Kier molecular flexibility index (Phi) is 4.34. The van der Waals surface area contributed by atoms with Crippen LogP contribution in [0.5, 0.6) is 0 Å². The highest BCUT2D eigenvalue weighted by Crippen LogP contribution is 2.23. The van der Waals surface area contributed by atoms with Crippen LogP contribution in [0.2, 0.25) is 0 Å². The molecule has 0 bridgehead atoms. The number of hydrogen-bond acceptors (Lipinski definition) is 6. The van der Waals surface area contributed by atoms with E-state index in [1.807, 2.05) is 6.07 Å². The molecule has 0 aromatic heterocycles. The number of nitriles is 1. The number of benzene rings is 2. The molecule has 2 aromatic carbocycles. The number of carboxylic acids is 1. The summed E-state index contributed by atoms with van der Waals surface area (Å²) >= 11 is 0. The average Bonchev–Trinajstić information content (AvgIpc) is 2.53. The molecule has 0 saturated carbocycles. The maximum atomic E-state index is 11.3. The van der Waals surface area contributed by atoms with Crippen molar-refractivity contribution in [3.63, 3.8) is 0 Å². The first-order valence-corrected chi connectivity index (χ1v) is 6.23. The molecule has 1 unspecified atom stereocenters. The van der Waals surface area contributed by atoms with E-state index in [9.17, 15) is 20.0 Å². The molecule has 1 N–H and O–H groups in total. The number of carboxylic acid groups (broad SMARTS) is 1. The summed E-state index contributed by atoms with van der Waals surface area (Å²) in [6.07, 6.45) is 0. The van der Waals surface area contributed by atoms with Crippen LogP contribution in [0.1, 0.15) is 17.2 Å². The average molecular weight is 296 g/mol. The molecule has 0 aliphatic heterocycles. The van der Waals surface area contributed by atoms with Crippen molar-refractivity contribution in [1.29, 1.82) is 5.26 Å². The number of nitrogens with one attached hydrogen (secondary N) is 1. The third-order valence-electron chi connectivity index (χ3n) is 2.98. The quantitative estimate of drug-likeness (QED) is 0.657. The molecule has 0 aliphatic carbocycles. The van der Waals surface area contributed by atoms with Gasteiger partial charge in [-0.05, 0) is 29.8 Å². The Morgan fingerprint density at radius 1 is 1.23 bits per heavy atom. The van der Waals surface area contributed by atoms with Crippen molar-refractivity contribution < 1.29 is 14.8 Å². The molecule has 1 atom stereocenters. The minimum atomic E-state index is -1.41. The molecule has 0 amide bonds.